The molecule has 2 N–H and O–H groups in total. The number of likely N-dealkylation sites (tertiary alicyclic amines) is 1. The number of ether oxygens (including phenoxy) is 1. The largest absolute Gasteiger partial charge is 0.508 e. The van der Waals surface area contributed by atoms with Crippen LogP contribution >= 0.6 is 0 Å². The van der Waals surface area contributed by atoms with Gasteiger partial charge in [-0.3, -0.25) is 0 Å². The van der Waals surface area contributed by atoms with E-state index >= 15 is 0 Å². The smallest absolute Gasteiger partial charge is 0.150 e. The van der Waals surface area contributed by atoms with Crippen LogP contribution in [-0.2, 0) is 6.40 Å². The SMILES string of the molecule is [2H]C(c1ccc(C2Oc3cc(O)ccc3C(C([2H])([2H])[2H])=C2c2ccc(O)cc2)cc1)C1CN(CCC([2H])([2H])[2H])C1. The van der Waals surface area contributed by atoms with E-state index in [9.17, 15) is 10.2 Å². The minimum absolute atomic E-state index is 0.0451. The van der Waals surface area contributed by atoms with Crippen LogP contribution in [0.15, 0.2) is 66.7 Å². The van der Waals surface area contributed by atoms with Crippen molar-refractivity contribution in [3.8, 4) is 17.2 Å². The number of allylic oxidation sites excluding steroid dienone is 1. The molecular formula is C29H31NO3. The van der Waals surface area contributed by atoms with Gasteiger partial charge in [-0.2, -0.15) is 0 Å². The second-order valence-corrected chi connectivity index (χ2v) is 8.62. The fraction of sp³-hybridized carbons (Fsp3) is 0.310. The molecule has 4 heteroatoms. The van der Waals surface area contributed by atoms with E-state index in [0.29, 0.717) is 41.9 Å². The molecule has 2 atom stereocenters. The number of hydrogen-bond acceptors (Lipinski definition) is 4. The zero-order valence-electron chi connectivity index (χ0n) is 25.2. The summed E-state index contributed by atoms with van der Waals surface area (Å²) in [5.41, 5.74) is 3.00. The van der Waals surface area contributed by atoms with Crippen molar-refractivity contribution in [3.63, 3.8) is 0 Å². The number of phenols is 2. The summed E-state index contributed by atoms with van der Waals surface area (Å²) < 4.78 is 62.4. The van der Waals surface area contributed by atoms with E-state index in [1.54, 1.807) is 12.1 Å². The first-order valence-electron chi connectivity index (χ1n) is 14.7. The zero-order chi connectivity index (χ0) is 28.8. The second-order valence-electron chi connectivity index (χ2n) is 8.62. The number of fused-ring (bicyclic) bond motifs is 1. The average molecular weight is 449 g/mol. The Morgan fingerprint density at radius 1 is 1.00 bits per heavy atom. The Kier molecular flexibility index (Phi) is 4.02. The molecule has 3 aromatic carbocycles. The standard InChI is InChI=1S/C29H31NO3/c1-3-14-30-17-21(18-30)15-20-4-6-23(7-5-20)29-28(22-8-10-24(31)11-9-22)19(2)26-13-12-25(32)16-27(26)33-29/h4-13,16,21,29,31-32H,3,14-15,17-18H2,1-2H3/i1D3,2D3,15D. The van der Waals surface area contributed by atoms with Gasteiger partial charge in [-0.1, -0.05) is 43.3 Å². The van der Waals surface area contributed by atoms with Gasteiger partial charge in [0.15, 0.2) is 0 Å². The van der Waals surface area contributed by atoms with E-state index < -0.39 is 26.2 Å². The van der Waals surface area contributed by atoms with Crippen molar-refractivity contribution in [2.24, 2.45) is 5.92 Å². The first-order chi connectivity index (χ1) is 18.8. The predicted molar refractivity (Wildman–Crippen MR) is 132 cm³/mol. The predicted octanol–water partition coefficient (Wildman–Crippen LogP) is 6.05. The van der Waals surface area contributed by atoms with E-state index in [0.717, 1.165) is 5.56 Å². The summed E-state index contributed by atoms with van der Waals surface area (Å²) in [5, 5.41) is 20.0. The lowest BCUT2D eigenvalue weighted by atomic mass is 9.85. The molecule has 0 bridgehead atoms. The van der Waals surface area contributed by atoms with Crippen LogP contribution in [0.1, 0.15) is 58.1 Å². The van der Waals surface area contributed by atoms with E-state index in [1.165, 1.54) is 30.3 Å². The Hall–Kier alpha value is -3.24. The average Bonchev–Trinajstić information content (AvgIpc) is 2.86. The minimum atomic E-state index is -2.50. The van der Waals surface area contributed by atoms with Gasteiger partial charge in [0.1, 0.15) is 23.4 Å². The normalized spacial score (nSPS) is 23.4. The molecule has 0 radical (unpaired) electrons. The highest BCUT2D eigenvalue weighted by Crippen LogP contribution is 2.47. The van der Waals surface area contributed by atoms with Crippen molar-refractivity contribution in [2.75, 3.05) is 19.6 Å². The molecule has 33 heavy (non-hydrogen) atoms. The summed E-state index contributed by atoms with van der Waals surface area (Å²) in [6, 6.07) is 18.0. The van der Waals surface area contributed by atoms with Crippen molar-refractivity contribution in [1.29, 1.82) is 0 Å². The molecule has 2 heterocycles. The minimum Gasteiger partial charge on any atom is -0.508 e. The van der Waals surface area contributed by atoms with Gasteiger partial charge in [0.05, 0.1) is 0 Å². The maximum absolute atomic E-state index is 10.1. The molecule has 2 unspecified atom stereocenters. The van der Waals surface area contributed by atoms with Gasteiger partial charge in [0.25, 0.3) is 0 Å². The van der Waals surface area contributed by atoms with Crippen LogP contribution in [0.3, 0.4) is 0 Å². The number of benzene rings is 3. The van der Waals surface area contributed by atoms with Crippen molar-refractivity contribution >= 4 is 11.1 Å². The molecule has 0 spiro atoms. The summed E-state index contributed by atoms with van der Waals surface area (Å²) in [7, 11) is 0. The van der Waals surface area contributed by atoms with Gasteiger partial charge in [-0.15, -0.1) is 0 Å². The van der Waals surface area contributed by atoms with Crippen molar-refractivity contribution in [3.05, 3.63) is 89.0 Å². The molecule has 0 aromatic heterocycles. The van der Waals surface area contributed by atoms with Gasteiger partial charge in [-0.05, 0) is 78.7 Å². The lowest BCUT2D eigenvalue weighted by Crippen LogP contribution is -2.47. The third-order valence-corrected chi connectivity index (χ3v) is 6.27. The van der Waals surface area contributed by atoms with Crippen molar-refractivity contribution in [1.82, 2.24) is 4.90 Å². The molecule has 2 aliphatic heterocycles. The Labute approximate surface area is 205 Å². The maximum Gasteiger partial charge on any atom is 0.150 e. The molecule has 0 amide bonds. The van der Waals surface area contributed by atoms with Crippen molar-refractivity contribution in [2.45, 2.75) is 32.6 Å². The summed E-state index contributed by atoms with van der Waals surface area (Å²) in [4.78, 5) is 2.06. The summed E-state index contributed by atoms with van der Waals surface area (Å²) >= 11 is 0. The molecule has 170 valence electrons. The monoisotopic (exact) mass is 448 g/mol. The van der Waals surface area contributed by atoms with E-state index in [-0.39, 0.29) is 35.2 Å². The van der Waals surface area contributed by atoms with Gasteiger partial charge in [0.2, 0.25) is 0 Å². The first kappa shape index (κ1) is 14.8. The third-order valence-electron chi connectivity index (χ3n) is 6.27. The summed E-state index contributed by atoms with van der Waals surface area (Å²) in [5.74, 6) is 0.360. The molecule has 2 aliphatic rings. The molecule has 1 fully saturated rings. The Morgan fingerprint density at radius 2 is 1.76 bits per heavy atom. The third kappa shape index (κ3) is 4.36. The maximum atomic E-state index is 10.1. The number of phenolic OH excluding ortho intramolecular Hbond substituents is 2. The van der Waals surface area contributed by atoms with Gasteiger partial charge >= 0.3 is 0 Å². The topological polar surface area (TPSA) is 52.9 Å². The number of hydrogen-bond donors (Lipinski definition) is 2. The highest BCUT2D eigenvalue weighted by Gasteiger charge is 2.30. The van der Waals surface area contributed by atoms with E-state index in [2.05, 4.69) is 4.90 Å². The van der Waals surface area contributed by atoms with Gasteiger partial charge in [-0.25, -0.2) is 0 Å². The number of aromatic hydroxyl groups is 2. The zero-order valence-corrected chi connectivity index (χ0v) is 18.2. The van der Waals surface area contributed by atoms with Crippen LogP contribution in [-0.4, -0.2) is 34.7 Å². The molecule has 5 rings (SSSR count). The van der Waals surface area contributed by atoms with Crippen LogP contribution < -0.4 is 4.74 Å². The molecule has 0 aliphatic carbocycles. The molecule has 0 saturated carbocycles. The second kappa shape index (κ2) is 8.95. The lowest BCUT2D eigenvalue weighted by molar-refractivity contribution is 0.101. The molecule has 3 aromatic rings. The molecule has 1 saturated heterocycles. The lowest BCUT2D eigenvalue weighted by Gasteiger charge is -2.39. The number of rotatable bonds is 6. The van der Waals surface area contributed by atoms with Crippen molar-refractivity contribution < 1.29 is 24.5 Å². The quantitative estimate of drug-likeness (QED) is 0.482. The Balaban J connectivity index is 1.46. The highest BCUT2D eigenvalue weighted by atomic mass is 16.5. The van der Waals surface area contributed by atoms with Crippen LogP contribution in [0.4, 0.5) is 0 Å². The summed E-state index contributed by atoms with van der Waals surface area (Å²) in [6.45, 7) is -2.61. The summed E-state index contributed by atoms with van der Waals surface area (Å²) in [6.07, 6.45) is -1.16. The number of nitrogens with zero attached hydrogens (tertiary/aromatic N) is 1. The first-order valence-corrected chi connectivity index (χ1v) is 11.1. The Morgan fingerprint density at radius 3 is 2.48 bits per heavy atom. The highest BCUT2D eigenvalue weighted by molar-refractivity contribution is 5.95. The van der Waals surface area contributed by atoms with Crippen LogP contribution in [0.2, 0.25) is 0 Å². The van der Waals surface area contributed by atoms with E-state index in [4.69, 9.17) is 14.3 Å². The Bertz CT molecular complexity index is 1390. The van der Waals surface area contributed by atoms with Crippen LogP contribution in [0, 0.1) is 5.92 Å². The van der Waals surface area contributed by atoms with Gasteiger partial charge in [0, 0.05) is 39.9 Å². The van der Waals surface area contributed by atoms with Gasteiger partial charge < -0.3 is 19.8 Å². The van der Waals surface area contributed by atoms with Crippen LogP contribution in [0.5, 0.6) is 17.2 Å². The fourth-order valence-electron chi connectivity index (χ4n) is 4.56. The molecule has 4 nitrogen and oxygen atoms in total. The fourth-order valence-corrected chi connectivity index (χ4v) is 4.56. The van der Waals surface area contributed by atoms with E-state index in [1.807, 2.05) is 24.3 Å². The molecular weight excluding hydrogens is 410 g/mol. The van der Waals surface area contributed by atoms with Crippen LogP contribution in [0.25, 0.3) is 11.1 Å².